The third kappa shape index (κ3) is 3.38. The van der Waals surface area contributed by atoms with Crippen molar-refractivity contribution in [2.24, 2.45) is 14.1 Å². The monoisotopic (exact) mass is 417 g/mol. The van der Waals surface area contributed by atoms with Gasteiger partial charge in [0.2, 0.25) is 0 Å². The van der Waals surface area contributed by atoms with Gasteiger partial charge in [-0.15, -0.1) is 0 Å². The van der Waals surface area contributed by atoms with E-state index in [1.807, 2.05) is 47.2 Å². The fourth-order valence-corrected chi connectivity index (χ4v) is 3.92. The predicted octanol–water partition coefficient (Wildman–Crippen LogP) is 4.00. The molecule has 4 rings (SSSR count). The van der Waals surface area contributed by atoms with Crippen LogP contribution in [0.3, 0.4) is 0 Å². The van der Waals surface area contributed by atoms with E-state index in [1.54, 1.807) is 14.2 Å². The molecule has 0 atom stereocenters. The first-order chi connectivity index (χ1) is 14.6. The summed E-state index contributed by atoms with van der Waals surface area (Å²) in [7, 11) is 4.82. The molecule has 6 nitrogen and oxygen atoms in total. The molecule has 0 saturated carbocycles. The molecule has 0 aliphatic heterocycles. The number of hydrogen-bond acceptors (Lipinski definition) is 3. The predicted molar refractivity (Wildman–Crippen MR) is 124 cm³/mol. The van der Waals surface area contributed by atoms with Crippen molar-refractivity contribution in [3.05, 3.63) is 81.1 Å². The molecule has 0 fully saturated rings. The van der Waals surface area contributed by atoms with Crippen molar-refractivity contribution in [3.63, 3.8) is 0 Å². The first kappa shape index (κ1) is 20.7. The van der Waals surface area contributed by atoms with Gasteiger partial charge < -0.3 is 9.30 Å². The molecule has 6 heteroatoms. The summed E-state index contributed by atoms with van der Waals surface area (Å²) in [5, 5.41) is 0.510. The summed E-state index contributed by atoms with van der Waals surface area (Å²) in [6.45, 7) is 6.51. The molecule has 0 bridgehead atoms. The average Bonchev–Trinajstić information content (AvgIpc) is 3.16. The zero-order valence-electron chi connectivity index (χ0n) is 18.8. The van der Waals surface area contributed by atoms with Crippen LogP contribution in [0.2, 0.25) is 0 Å². The summed E-state index contributed by atoms with van der Waals surface area (Å²) in [6.07, 6.45) is 1.85. The Morgan fingerprint density at radius 2 is 1.58 bits per heavy atom. The van der Waals surface area contributed by atoms with Crippen LogP contribution >= 0.6 is 0 Å². The number of fused-ring (bicyclic) bond motifs is 1. The smallest absolute Gasteiger partial charge is 0.330 e. The summed E-state index contributed by atoms with van der Waals surface area (Å²) in [6, 6.07) is 15.9. The van der Waals surface area contributed by atoms with E-state index in [-0.39, 0.29) is 16.7 Å². The summed E-state index contributed by atoms with van der Waals surface area (Å²) in [4.78, 5) is 25.8. The van der Waals surface area contributed by atoms with Gasteiger partial charge in [0.15, 0.2) is 0 Å². The van der Waals surface area contributed by atoms with Crippen LogP contribution in [0.4, 0.5) is 0 Å². The Morgan fingerprint density at radius 3 is 2.19 bits per heavy atom. The Morgan fingerprint density at radius 1 is 0.903 bits per heavy atom. The average molecular weight is 418 g/mol. The van der Waals surface area contributed by atoms with Crippen molar-refractivity contribution in [1.82, 2.24) is 13.7 Å². The number of methoxy groups -OCH3 is 1. The molecule has 31 heavy (non-hydrogen) atoms. The van der Waals surface area contributed by atoms with Gasteiger partial charge in [0.25, 0.3) is 5.56 Å². The molecular formula is C25H27N3O3. The molecule has 0 aliphatic rings. The Kier molecular flexibility index (Phi) is 4.88. The van der Waals surface area contributed by atoms with Gasteiger partial charge in [-0.05, 0) is 28.7 Å². The first-order valence-electron chi connectivity index (χ1n) is 10.2. The second-order valence-corrected chi connectivity index (χ2v) is 8.84. The quantitative estimate of drug-likeness (QED) is 0.506. The van der Waals surface area contributed by atoms with Crippen LogP contribution < -0.4 is 16.0 Å². The third-order valence-corrected chi connectivity index (χ3v) is 5.79. The second-order valence-electron chi connectivity index (χ2n) is 8.84. The molecule has 2 heterocycles. The Labute approximate surface area is 180 Å². The van der Waals surface area contributed by atoms with Crippen LogP contribution in [0, 0.1) is 0 Å². The maximum absolute atomic E-state index is 13.2. The number of aryl methyl sites for hydroxylation is 1. The van der Waals surface area contributed by atoms with Gasteiger partial charge in [0.1, 0.15) is 5.75 Å². The summed E-state index contributed by atoms with van der Waals surface area (Å²) in [5.74, 6) is 0.714. The van der Waals surface area contributed by atoms with Gasteiger partial charge in [-0.1, -0.05) is 51.1 Å². The second kappa shape index (κ2) is 7.30. The molecule has 0 amide bonds. The van der Waals surface area contributed by atoms with Crippen LogP contribution in [0.1, 0.15) is 26.3 Å². The Bertz CT molecular complexity index is 1400. The molecule has 0 unspecified atom stereocenters. The van der Waals surface area contributed by atoms with Crippen molar-refractivity contribution in [3.8, 4) is 22.7 Å². The molecule has 4 aromatic rings. The maximum atomic E-state index is 13.2. The minimum Gasteiger partial charge on any atom is -0.497 e. The van der Waals surface area contributed by atoms with E-state index in [0.29, 0.717) is 16.7 Å². The van der Waals surface area contributed by atoms with E-state index in [1.165, 1.54) is 17.2 Å². The van der Waals surface area contributed by atoms with E-state index >= 15 is 0 Å². The fraction of sp³-hybridized carbons (Fsp3) is 0.280. The molecule has 0 N–H and O–H groups in total. The van der Waals surface area contributed by atoms with E-state index < -0.39 is 0 Å². The van der Waals surface area contributed by atoms with Crippen molar-refractivity contribution >= 4 is 10.9 Å². The Hall–Kier alpha value is -3.54. The zero-order valence-corrected chi connectivity index (χ0v) is 18.8. The molecule has 0 saturated heterocycles. The zero-order chi connectivity index (χ0) is 22.5. The highest BCUT2D eigenvalue weighted by Crippen LogP contribution is 2.33. The lowest BCUT2D eigenvalue weighted by molar-refractivity contribution is 0.414. The topological polar surface area (TPSA) is 58.2 Å². The number of hydrogen-bond donors (Lipinski definition) is 0. The standard InChI is InChI=1S/C25H27N3O3/c1-25(2,3)17-12-10-16(11-13-17)22-21-20(26(4)24(30)27(5)23(21)29)15-28(22)18-8-7-9-19(14-18)31-6/h7-15H,1-6H3. The summed E-state index contributed by atoms with van der Waals surface area (Å²) >= 11 is 0. The van der Waals surface area contributed by atoms with E-state index in [9.17, 15) is 9.59 Å². The highest BCUT2D eigenvalue weighted by Gasteiger charge is 2.21. The minimum atomic E-state index is -0.352. The van der Waals surface area contributed by atoms with Gasteiger partial charge in [0.05, 0.1) is 23.7 Å². The molecule has 0 spiro atoms. The normalized spacial score (nSPS) is 11.8. The molecule has 2 aromatic heterocycles. The molecule has 160 valence electrons. The van der Waals surface area contributed by atoms with E-state index in [2.05, 4.69) is 32.9 Å². The van der Waals surface area contributed by atoms with Crippen molar-refractivity contribution < 1.29 is 4.74 Å². The fourth-order valence-electron chi connectivity index (χ4n) is 3.92. The maximum Gasteiger partial charge on any atom is 0.330 e. The van der Waals surface area contributed by atoms with Crippen molar-refractivity contribution in [2.45, 2.75) is 26.2 Å². The van der Waals surface area contributed by atoms with Crippen LogP contribution in [0.25, 0.3) is 27.8 Å². The van der Waals surface area contributed by atoms with E-state index in [0.717, 1.165) is 21.5 Å². The third-order valence-electron chi connectivity index (χ3n) is 5.79. The first-order valence-corrected chi connectivity index (χ1v) is 10.2. The van der Waals surface area contributed by atoms with Crippen molar-refractivity contribution in [1.29, 1.82) is 0 Å². The number of rotatable bonds is 3. The van der Waals surface area contributed by atoms with E-state index in [4.69, 9.17) is 4.74 Å². The number of benzene rings is 2. The van der Waals surface area contributed by atoms with Crippen LogP contribution in [0.15, 0.2) is 64.3 Å². The molecule has 0 radical (unpaired) electrons. The summed E-state index contributed by atoms with van der Waals surface area (Å²) < 4.78 is 10.0. The van der Waals surface area contributed by atoms with Gasteiger partial charge in [0, 0.05) is 32.0 Å². The molecular weight excluding hydrogens is 390 g/mol. The Balaban J connectivity index is 2.11. The van der Waals surface area contributed by atoms with Crippen LogP contribution in [-0.2, 0) is 19.5 Å². The number of aromatic nitrogens is 3. The highest BCUT2D eigenvalue weighted by atomic mass is 16.5. The van der Waals surface area contributed by atoms with Gasteiger partial charge in [-0.25, -0.2) is 4.79 Å². The lowest BCUT2D eigenvalue weighted by Gasteiger charge is -2.19. The van der Waals surface area contributed by atoms with Gasteiger partial charge in [-0.3, -0.25) is 13.9 Å². The minimum absolute atomic E-state index is 0.0232. The largest absolute Gasteiger partial charge is 0.497 e. The summed E-state index contributed by atoms with van der Waals surface area (Å²) in [5.41, 5.74) is 3.66. The number of nitrogens with zero attached hydrogens (tertiary/aromatic N) is 3. The highest BCUT2D eigenvalue weighted by molar-refractivity contribution is 5.94. The van der Waals surface area contributed by atoms with Crippen LogP contribution in [0.5, 0.6) is 5.75 Å². The van der Waals surface area contributed by atoms with Gasteiger partial charge in [-0.2, -0.15) is 0 Å². The molecule has 0 aliphatic carbocycles. The SMILES string of the molecule is COc1cccc(-n2cc3c(c2-c2ccc(C(C)(C)C)cc2)c(=O)n(C)c(=O)n3C)c1. The van der Waals surface area contributed by atoms with Crippen molar-refractivity contribution in [2.75, 3.05) is 7.11 Å². The number of ether oxygens (including phenoxy) is 1. The molecule has 2 aromatic carbocycles. The lowest BCUT2D eigenvalue weighted by Crippen LogP contribution is -2.36. The van der Waals surface area contributed by atoms with Crippen LogP contribution in [-0.4, -0.2) is 20.8 Å². The van der Waals surface area contributed by atoms with Gasteiger partial charge >= 0.3 is 5.69 Å². The lowest BCUT2D eigenvalue weighted by atomic mass is 9.86.